The molecule has 0 atom stereocenters. The summed E-state index contributed by atoms with van der Waals surface area (Å²) < 4.78 is 7.80. The van der Waals surface area contributed by atoms with E-state index in [2.05, 4.69) is 21.9 Å². The lowest BCUT2D eigenvalue weighted by Gasteiger charge is -2.13. The number of hydrogen-bond acceptors (Lipinski definition) is 5. The Hall–Kier alpha value is -4.78. The van der Waals surface area contributed by atoms with Crippen LogP contribution in [0.15, 0.2) is 90.1 Å². The minimum absolute atomic E-state index is 0.0826. The average molecular weight is 489 g/mol. The van der Waals surface area contributed by atoms with Gasteiger partial charge in [0.25, 0.3) is 11.5 Å². The van der Waals surface area contributed by atoms with Crippen molar-refractivity contribution in [3.63, 3.8) is 0 Å². The first-order valence-corrected chi connectivity index (χ1v) is 12.0. The fourth-order valence-electron chi connectivity index (χ4n) is 5.02. The van der Waals surface area contributed by atoms with E-state index < -0.39 is 0 Å². The Bertz CT molecular complexity index is 1880. The van der Waals surface area contributed by atoms with Gasteiger partial charge >= 0.3 is 0 Å². The molecule has 7 nitrogen and oxygen atoms in total. The topological polar surface area (TPSA) is 85.6 Å². The number of pyridine rings is 3. The zero-order chi connectivity index (χ0) is 25.5. The first-order valence-electron chi connectivity index (χ1n) is 12.0. The molecule has 7 heteroatoms. The first kappa shape index (κ1) is 22.7. The van der Waals surface area contributed by atoms with Gasteiger partial charge in [-0.25, -0.2) is 0 Å². The second-order valence-electron chi connectivity index (χ2n) is 9.24. The van der Waals surface area contributed by atoms with Gasteiger partial charge in [0.05, 0.1) is 16.6 Å². The van der Waals surface area contributed by atoms with Crippen LogP contribution in [-0.4, -0.2) is 26.9 Å². The van der Waals surface area contributed by atoms with Crippen molar-refractivity contribution in [3.05, 3.63) is 107 Å². The number of nitrogens with zero attached hydrogens (tertiary/aromatic N) is 3. The van der Waals surface area contributed by atoms with E-state index in [4.69, 9.17) is 4.74 Å². The highest BCUT2D eigenvalue weighted by Crippen LogP contribution is 2.38. The molecule has 6 rings (SSSR count). The highest BCUT2D eigenvalue weighted by molar-refractivity contribution is 6.19. The second-order valence-corrected chi connectivity index (χ2v) is 9.24. The Morgan fingerprint density at radius 1 is 1.03 bits per heavy atom. The van der Waals surface area contributed by atoms with Crippen molar-refractivity contribution >= 4 is 44.0 Å². The molecule has 0 spiro atoms. The lowest BCUT2D eigenvalue weighted by atomic mass is 9.99. The number of carbonyl (C=O) groups is 1. The summed E-state index contributed by atoms with van der Waals surface area (Å²) in [6, 6.07) is 16.9. The summed E-state index contributed by atoms with van der Waals surface area (Å²) in [7, 11) is 0. The molecule has 182 valence electrons. The maximum absolute atomic E-state index is 13.6. The Kier molecular flexibility index (Phi) is 5.53. The number of carbonyl (C=O) groups excluding carboxylic acids is 1. The van der Waals surface area contributed by atoms with E-state index >= 15 is 0 Å². The third-order valence-corrected chi connectivity index (χ3v) is 6.57. The molecule has 0 aliphatic heterocycles. The van der Waals surface area contributed by atoms with Crippen molar-refractivity contribution in [2.24, 2.45) is 0 Å². The summed E-state index contributed by atoms with van der Waals surface area (Å²) in [6.07, 6.45) is 5.72. The first-order chi connectivity index (χ1) is 18.0. The number of rotatable bonds is 7. The van der Waals surface area contributed by atoms with Crippen LogP contribution in [0.1, 0.15) is 18.1 Å². The summed E-state index contributed by atoms with van der Waals surface area (Å²) in [4.78, 5) is 34.9. The van der Waals surface area contributed by atoms with Gasteiger partial charge < -0.3 is 10.1 Å². The molecule has 0 fully saturated rings. The van der Waals surface area contributed by atoms with Crippen LogP contribution in [0.4, 0.5) is 0 Å². The summed E-state index contributed by atoms with van der Waals surface area (Å²) in [5.41, 5.74) is 5.02. The van der Waals surface area contributed by atoms with Gasteiger partial charge in [0, 0.05) is 52.2 Å². The van der Waals surface area contributed by atoms with Crippen LogP contribution in [0.5, 0.6) is 5.75 Å². The van der Waals surface area contributed by atoms with E-state index in [1.165, 1.54) is 0 Å². The van der Waals surface area contributed by atoms with Gasteiger partial charge in [0.15, 0.2) is 6.61 Å². The van der Waals surface area contributed by atoms with E-state index in [1.54, 1.807) is 23.0 Å². The van der Waals surface area contributed by atoms with Gasteiger partial charge in [-0.1, -0.05) is 36.4 Å². The Balaban J connectivity index is 1.46. The van der Waals surface area contributed by atoms with Crippen LogP contribution < -0.4 is 15.6 Å². The van der Waals surface area contributed by atoms with E-state index in [0.29, 0.717) is 24.1 Å². The molecule has 4 aromatic heterocycles. The van der Waals surface area contributed by atoms with Gasteiger partial charge in [0.2, 0.25) is 0 Å². The van der Waals surface area contributed by atoms with Gasteiger partial charge in [0.1, 0.15) is 5.75 Å². The molecular formula is C30H24N4O3. The standard InChI is InChI=1S/C30H24N4O3/c1-18(2)14-23-25(37-17-26(35)33-16-19-6-5-12-31-15-19)10-9-24-27(23)22-11-13-32-28-20-7-3-4-8-21(20)30(36)34(24)29(22)28/h3-13,15H,1,14,16-17H2,2H3,(H,33,35). The third-order valence-electron chi connectivity index (χ3n) is 6.57. The highest BCUT2D eigenvalue weighted by Gasteiger charge is 2.22. The lowest BCUT2D eigenvalue weighted by Crippen LogP contribution is -2.28. The van der Waals surface area contributed by atoms with Crippen LogP contribution in [0.2, 0.25) is 0 Å². The molecule has 4 heterocycles. The molecule has 0 bridgehead atoms. The van der Waals surface area contributed by atoms with Crippen molar-refractivity contribution < 1.29 is 9.53 Å². The molecule has 0 unspecified atom stereocenters. The number of allylic oxidation sites excluding steroid dienone is 1. The predicted octanol–water partition coefficient (Wildman–Crippen LogP) is 4.80. The van der Waals surface area contributed by atoms with Crippen molar-refractivity contribution in [3.8, 4) is 5.75 Å². The van der Waals surface area contributed by atoms with Gasteiger partial charge in [-0.3, -0.25) is 24.0 Å². The molecule has 0 aliphatic rings. The summed E-state index contributed by atoms with van der Waals surface area (Å²) in [6.45, 7) is 6.31. The normalized spacial score (nSPS) is 11.5. The number of aromatic nitrogens is 3. The van der Waals surface area contributed by atoms with Crippen LogP contribution in [0.25, 0.3) is 38.1 Å². The quantitative estimate of drug-likeness (QED) is 0.258. The summed E-state index contributed by atoms with van der Waals surface area (Å²) >= 11 is 0. The molecule has 6 aromatic rings. The van der Waals surface area contributed by atoms with Crippen molar-refractivity contribution in [1.82, 2.24) is 19.7 Å². The van der Waals surface area contributed by atoms with E-state index in [-0.39, 0.29) is 18.1 Å². The zero-order valence-electron chi connectivity index (χ0n) is 20.3. The molecular weight excluding hydrogens is 464 g/mol. The van der Waals surface area contributed by atoms with Crippen LogP contribution >= 0.6 is 0 Å². The lowest BCUT2D eigenvalue weighted by molar-refractivity contribution is -0.123. The van der Waals surface area contributed by atoms with E-state index in [0.717, 1.165) is 49.4 Å². The Labute approximate surface area is 212 Å². The number of nitrogens with one attached hydrogen (secondary N) is 1. The number of amides is 1. The molecule has 37 heavy (non-hydrogen) atoms. The van der Waals surface area contributed by atoms with Crippen LogP contribution in [0.3, 0.4) is 0 Å². The van der Waals surface area contributed by atoms with Crippen LogP contribution in [-0.2, 0) is 17.8 Å². The number of ether oxygens (including phenoxy) is 1. The second kappa shape index (κ2) is 9.02. The summed E-state index contributed by atoms with van der Waals surface area (Å²) in [5.74, 6) is 0.358. The monoisotopic (exact) mass is 488 g/mol. The minimum atomic E-state index is -0.234. The zero-order valence-corrected chi connectivity index (χ0v) is 20.3. The molecule has 1 N–H and O–H groups in total. The maximum atomic E-state index is 13.6. The Morgan fingerprint density at radius 2 is 1.86 bits per heavy atom. The fraction of sp³-hybridized carbons (Fsp3) is 0.133. The minimum Gasteiger partial charge on any atom is -0.483 e. The Morgan fingerprint density at radius 3 is 2.65 bits per heavy atom. The number of hydrogen-bond donors (Lipinski definition) is 1. The van der Waals surface area contributed by atoms with E-state index in [1.807, 2.05) is 61.5 Å². The van der Waals surface area contributed by atoms with Gasteiger partial charge in [-0.05, 0) is 49.2 Å². The van der Waals surface area contributed by atoms with Crippen LogP contribution in [0, 0.1) is 0 Å². The SMILES string of the molecule is C=C(C)Cc1c(OCC(=O)NCc2cccnc2)ccc2c1c1ccnc3c4ccccc4c(=O)n2c13. The molecule has 1 amide bonds. The maximum Gasteiger partial charge on any atom is 0.263 e. The molecule has 0 radical (unpaired) electrons. The molecule has 0 saturated carbocycles. The molecule has 2 aromatic carbocycles. The molecule has 0 aliphatic carbocycles. The third kappa shape index (κ3) is 3.85. The molecule has 0 saturated heterocycles. The van der Waals surface area contributed by atoms with Gasteiger partial charge in [-0.15, -0.1) is 0 Å². The largest absolute Gasteiger partial charge is 0.483 e. The van der Waals surface area contributed by atoms with Gasteiger partial charge in [-0.2, -0.15) is 0 Å². The highest BCUT2D eigenvalue weighted by atomic mass is 16.5. The average Bonchev–Trinajstić information content (AvgIpc) is 3.26. The number of benzene rings is 2. The fourth-order valence-corrected chi connectivity index (χ4v) is 5.02. The number of fused-ring (bicyclic) bond motifs is 5. The predicted molar refractivity (Wildman–Crippen MR) is 145 cm³/mol. The van der Waals surface area contributed by atoms with E-state index in [9.17, 15) is 9.59 Å². The van der Waals surface area contributed by atoms with Crippen molar-refractivity contribution in [1.29, 1.82) is 0 Å². The smallest absolute Gasteiger partial charge is 0.263 e. The van der Waals surface area contributed by atoms with Crippen molar-refractivity contribution in [2.45, 2.75) is 19.9 Å². The summed E-state index contributed by atoms with van der Waals surface area (Å²) in [5, 5.41) is 6.15. The van der Waals surface area contributed by atoms with Crippen molar-refractivity contribution in [2.75, 3.05) is 6.61 Å².